The number of carbonyl (C=O) groups excluding carboxylic acids is 1. The fourth-order valence-electron chi connectivity index (χ4n) is 4.05. The van der Waals surface area contributed by atoms with E-state index in [1.165, 1.54) is 16.4 Å². The molecule has 0 spiro atoms. The number of nitro groups is 1. The maximum absolute atomic E-state index is 13.1. The molecule has 0 unspecified atom stereocenters. The zero-order chi connectivity index (χ0) is 25.0. The van der Waals surface area contributed by atoms with Gasteiger partial charge in [-0.25, -0.2) is 8.42 Å². The van der Waals surface area contributed by atoms with Crippen molar-refractivity contribution in [3.63, 3.8) is 0 Å². The Balaban J connectivity index is 1.35. The van der Waals surface area contributed by atoms with E-state index in [1.807, 2.05) is 54.6 Å². The summed E-state index contributed by atoms with van der Waals surface area (Å²) in [5.41, 5.74) is 2.69. The first-order chi connectivity index (χ1) is 16.7. The largest absolute Gasteiger partial charge is 0.356 e. The highest BCUT2D eigenvalue weighted by Crippen LogP contribution is 2.29. The molecule has 9 nitrogen and oxygen atoms in total. The second-order valence-electron chi connectivity index (χ2n) is 8.44. The van der Waals surface area contributed by atoms with Crippen LogP contribution in [-0.2, 0) is 14.8 Å². The van der Waals surface area contributed by atoms with Crippen molar-refractivity contribution in [1.82, 2.24) is 4.31 Å². The molecular formula is C25H26N4O5S. The summed E-state index contributed by atoms with van der Waals surface area (Å²) in [7, 11) is -3.90. The third kappa shape index (κ3) is 5.67. The smallest absolute Gasteiger partial charge is 0.270 e. The number of carbonyl (C=O) groups is 1. The first kappa shape index (κ1) is 24.4. The molecule has 0 aliphatic carbocycles. The van der Waals surface area contributed by atoms with Gasteiger partial charge in [0.2, 0.25) is 15.9 Å². The molecule has 182 valence electrons. The first-order valence-corrected chi connectivity index (χ1v) is 12.7. The number of hydrogen-bond acceptors (Lipinski definition) is 6. The lowest BCUT2D eigenvalue weighted by Gasteiger charge is -2.30. The van der Waals surface area contributed by atoms with Crippen molar-refractivity contribution in [1.29, 1.82) is 0 Å². The Kier molecular flexibility index (Phi) is 7.13. The molecule has 35 heavy (non-hydrogen) atoms. The molecule has 0 bridgehead atoms. The standard InChI is InChI=1S/C25H26N4O5S/c1-18-7-12-23(29(31)32)17-24(18)35(33,34)28-15-13-19(14-16-28)25(30)27-22-10-8-21(9-11-22)26-20-5-3-2-4-6-20/h2-12,17,19,26H,13-16H2,1H3,(H,27,30). The number of non-ortho nitro benzene ring substituents is 1. The quantitative estimate of drug-likeness (QED) is 0.363. The SMILES string of the molecule is Cc1ccc([N+](=O)[O-])cc1S(=O)(=O)N1CCC(C(=O)Nc2ccc(Nc3ccccc3)cc2)CC1. The van der Waals surface area contributed by atoms with Crippen LogP contribution in [0.4, 0.5) is 22.7 Å². The molecule has 1 amide bonds. The summed E-state index contributed by atoms with van der Waals surface area (Å²) in [6.45, 7) is 1.95. The number of piperidine rings is 1. The van der Waals surface area contributed by atoms with E-state index >= 15 is 0 Å². The molecular weight excluding hydrogens is 468 g/mol. The molecule has 1 aliphatic heterocycles. The molecule has 0 atom stereocenters. The molecule has 2 N–H and O–H groups in total. The Labute approximate surface area is 204 Å². The van der Waals surface area contributed by atoms with Crippen molar-refractivity contribution in [2.75, 3.05) is 23.7 Å². The molecule has 1 aliphatic rings. The third-order valence-corrected chi connectivity index (χ3v) is 8.08. The highest BCUT2D eigenvalue weighted by Gasteiger charge is 2.33. The van der Waals surface area contributed by atoms with E-state index < -0.39 is 14.9 Å². The Morgan fingerprint density at radius 3 is 2.17 bits per heavy atom. The van der Waals surface area contributed by atoms with Crippen LogP contribution in [-0.4, -0.2) is 36.6 Å². The molecule has 0 saturated carbocycles. The number of nitro benzene ring substituents is 1. The minimum atomic E-state index is -3.90. The molecule has 1 saturated heterocycles. The first-order valence-electron chi connectivity index (χ1n) is 11.2. The lowest BCUT2D eigenvalue weighted by Crippen LogP contribution is -2.41. The zero-order valence-electron chi connectivity index (χ0n) is 19.2. The van der Waals surface area contributed by atoms with Crippen LogP contribution < -0.4 is 10.6 Å². The van der Waals surface area contributed by atoms with Gasteiger partial charge in [-0.2, -0.15) is 4.31 Å². The Hall–Kier alpha value is -3.76. The van der Waals surface area contributed by atoms with Crippen LogP contribution in [0.5, 0.6) is 0 Å². The number of sulfonamides is 1. The lowest BCUT2D eigenvalue weighted by molar-refractivity contribution is -0.385. The minimum Gasteiger partial charge on any atom is -0.356 e. The maximum Gasteiger partial charge on any atom is 0.270 e. The molecule has 3 aromatic rings. The van der Waals surface area contributed by atoms with Gasteiger partial charge in [0.1, 0.15) is 0 Å². The summed E-state index contributed by atoms with van der Waals surface area (Å²) >= 11 is 0. The summed E-state index contributed by atoms with van der Waals surface area (Å²) in [5.74, 6) is -0.480. The third-order valence-electron chi connectivity index (χ3n) is 6.04. The second kappa shape index (κ2) is 10.2. The van der Waals surface area contributed by atoms with E-state index in [0.29, 0.717) is 24.1 Å². The van der Waals surface area contributed by atoms with E-state index in [1.54, 1.807) is 6.92 Å². The van der Waals surface area contributed by atoms with Crippen molar-refractivity contribution < 1.29 is 18.1 Å². The van der Waals surface area contributed by atoms with Crippen molar-refractivity contribution in [2.45, 2.75) is 24.7 Å². The van der Waals surface area contributed by atoms with E-state index in [2.05, 4.69) is 10.6 Å². The Morgan fingerprint density at radius 2 is 1.54 bits per heavy atom. The van der Waals surface area contributed by atoms with Crippen LogP contribution in [0.1, 0.15) is 18.4 Å². The average molecular weight is 495 g/mol. The molecule has 1 heterocycles. The summed E-state index contributed by atoms with van der Waals surface area (Å²) < 4.78 is 27.5. The van der Waals surface area contributed by atoms with E-state index in [4.69, 9.17) is 0 Å². The average Bonchev–Trinajstić information content (AvgIpc) is 2.86. The number of amides is 1. The minimum absolute atomic E-state index is 0.0706. The predicted octanol–water partition coefficient (Wildman–Crippen LogP) is 4.69. The zero-order valence-corrected chi connectivity index (χ0v) is 20.0. The predicted molar refractivity (Wildman–Crippen MR) is 134 cm³/mol. The normalized spacial score (nSPS) is 14.9. The molecule has 3 aromatic carbocycles. The summed E-state index contributed by atoms with van der Waals surface area (Å²) in [5, 5.41) is 17.3. The van der Waals surface area contributed by atoms with Gasteiger partial charge in [0.25, 0.3) is 5.69 Å². The van der Waals surface area contributed by atoms with Gasteiger partial charge < -0.3 is 10.6 Å². The highest BCUT2D eigenvalue weighted by atomic mass is 32.2. The van der Waals surface area contributed by atoms with Crippen LogP contribution in [0.2, 0.25) is 0 Å². The van der Waals surface area contributed by atoms with Gasteiger partial charge in [0, 0.05) is 48.2 Å². The van der Waals surface area contributed by atoms with E-state index in [0.717, 1.165) is 17.4 Å². The fraction of sp³-hybridized carbons (Fsp3) is 0.240. The number of anilines is 3. The summed E-state index contributed by atoms with van der Waals surface area (Å²) in [6, 6.07) is 20.9. The monoisotopic (exact) mass is 494 g/mol. The van der Waals surface area contributed by atoms with Crippen molar-refractivity contribution in [2.24, 2.45) is 5.92 Å². The molecule has 0 radical (unpaired) electrons. The Morgan fingerprint density at radius 1 is 0.943 bits per heavy atom. The number of aryl methyl sites for hydroxylation is 1. The van der Waals surface area contributed by atoms with Crippen molar-refractivity contribution in [3.8, 4) is 0 Å². The van der Waals surface area contributed by atoms with E-state index in [-0.39, 0.29) is 35.5 Å². The Bertz CT molecular complexity index is 1320. The van der Waals surface area contributed by atoms with Crippen LogP contribution in [0, 0.1) is 23.0 Å². The van der Waals surface area contributed by atoms with Gasteiger partial charge in [-0.15, -0.1) is 0 Å². The van der Waals surface area contributed by atoms with Crippen LogP contribution in [0.15, 0.2) is 77.7 Å². The van der Waals surface area contributed by atoms with Gasteiger partial charge in [-0.05, 0) is 61.7 Å². The van der Waals surface area contributed by atoms with Crippen LogP contribution >= 0.6 is 0 Å². The van der Waals surface area contributed by atoms with Gasteiger partial charge >= 0.3 is 0 Å². The van der Waals surface area contributed by atoms with Gasteiger partial charge in [-0.1, -0.05) is 24.3 Å². The maximum atomic E-state index is 13.1. The van der Waals surface area contributed by atoms with Gasteiger partial charge in [0.15, 0.2) is 0 Å². The number of hydrogen-bond donors (Lipinski definition) is 2. The molecule has 4 rings (SSSR count). The number of nitrogens with zero attached hydrogens (tertiary/aromatic N) is 2. The molecule has 0 aromatic heterocycles. The fourth-order valence-corrected chi connectivity index (χ4v) is 5.76. The topological polar surface area (TPSA) is 122 Å². The van der Waals surface area contributed by atoms with Crippen LogP contribution in [0.3, 0.4) is 0 Å². The van der Waals surface area contributed by atoms with Crippen LogP contribution in [0.25, 0.3) is 0 Å². The number of nitrogens with one attached hydrogen (secondary N) is 2. The number of benzene rings is 3. The van der Waals surface area contributed by atoms with E-state index in [9.17, 15) is 23.3 Å². The molecule has 1 fully saturated rings. The molecule has 10 heteroatoms. The van der Waals surface area contributed by atoms with Gasteiger partial charge in [-0.3, -0.25) is 14.9 Å². The number of para-hydroxylation sites is 1. The van der Waals surface area contributed by atoms with Gasteiger partial charge in [0.05, 0.1) is 9.82 Å². The number of rotatable bonds is 7. The summed E-state index contributed by atoms with van der Waals surface area (Å²) in [6.07, 6.45) is 0.735. The second-order valence-corrected chi connectivity index (χ2v) is 10.3. The van der Waals surface area contributed by atoms with Crippen molar-refractivity contribution >= 4 is 38.7 Å². The lowest BCUT2D eigenvalue weighted by atomic mass is 9.97. The van der Waals surface area contributed by atoms with Crippen molar-refractivity contribution in [3.05, 3.63) is 88.5 Å². The highest BCUT2D eigenvalue weighted by molar-refractivity contribution is 7.89. The summed E-state index contributed by atoms with van der Waals surface area (Å²) in [4.78, 5) is 23.2.